The molecule has 0 nitrogen and oxygen atoms in total. The van der Waals surface area contributed by atoms with Gasteiger partial charge in [0.25, 0.3) is 0 Å². The second kappa shape index (κ2) is 4.15. The molecule has 0 radical (unpaired) electrons. The molecule has 0 spiro atoms. The monoisotopic (exact) mass is 338 g/mol. The molecule has 0 saturated heterocycles. The highest BCUT2D eigenvalue weighted by Crippen LogP contribution is 2.53. The van der Waals surface area contributed by atoms with Crippen molar-refractivity contribution in [3.8, 4) is 0 Å². The van der Waals surface area contributed by atoms with Gasteiger partial charge in [0.05, 0.1) is 0 Å². The lowest BCUT2D eigenvalue weighted by Crippen LogP contribution is -2.27. The van der Waals surface area contributed by atoms with Crippen LogP contribution >= 0.6 is 31.9 Å². The highest BCUT2D eigenvalue weighted by Gasteiger charge is 2.38. The van der Waals surface area contributed by atoms with Crippen LogP contribution in [0.3, 0.4) is 0 Å². The second-order valence-electron chi connectivity index (χ2n) is 4.36. The molecule has 3 rings (SSSR count). The van der Waals surface area contributed by atoms with Crippen molar-refractivity contribution in [2.45, 2.75) is 9.65 Å². The number of rotatable bonds is 0. The fourth-order valence-electron chi connectivity index (χ4n) is 2.65. The molecule has 0 aromatic heterocycles. The van der Waals surface area contributed by atoms with Crippen molar-refractivity contribution in [2.24, 2.45) is 11.8 Å². The van der Waals surface area contributed by atoms with Gasteiger partial charge in [-0.2, -0.15) is 0 Å². The van der Waals surface area contributed by atoms with Gasteiger partial charge in [-0.05, 0) is 11.1 Å². The number of alkyl halides is 2. The van der Waals surface area contributed by atoms with E-state index in [1.165, 1.54) is 11.1 Å². The molecule has 0 saturated carbocycles. The Hall–Kier alpha value is -0.340. The highest BCUT2D eigenvalue weighted by molar-refractivity contribution is 9.09. The third-order valence-corrected chi connectivity index (χ3v) is 5.70. The van der Waals surface area contributed by atoms with Crippen molar-refractivity contribution in [1.29, 1.82) is 0 Å². The van der Waals surface area contributed by atoms with Gasteiger partial charge in [0.2, 0.25) is 0 Å². The quantitative estimate of drug-likeness (QED) is 0.588. The van der Waals surface area contributed by atoms with Crippen molar-refractivity contribution in [3.63, 3.8) is 0 Å². The molecular weight excluding hydrogens is 328 g/mol. The third kappa shape index (κ3) is 1.54. The van der Waals surface area contributed by atoms with Crippen LogP contribution < -0.4 is 0 Å². The Kier molecular flexibility index (Phi) is 2.80. The van der Waals surface area contributed by atoms with E-state index in [4.69, 9.17) is 0 Å². The Morgan fingerprint density at radius 2 is 1.19 bits per heavy atom. The number of hydrogen-bond donors (Lipinski definition) is 0. The Morgan fingerprint density at radius 1 is 0.750 bits per heavy atom. The lowest BCUT2D eigenvalue weighted by Gasteiger charge is -2.38. The Morgan fingerprint density at radius 3 is 1.62 bits per heavy atom. The summed E-state index contributed by atoms with van der Waals surface area (Å²) in [4.78, 5) is 0.868. The summed E-state index contributed by atoms with van der Waals surface area (Å²) >= 11 is 7.70. The molecule has 82 valence electrons. The lowest BCUT2D eigenvalue weighted by atomic mass is 9.74. The standard InChI is InChI=1S/C14H12Br2/c15-13-9-5-1-2-6-10(9)14(16)12-8-4-3-7-11(12)13/h1-10,13-14H. The van der Waals surface area contributed by atoms with Crippen molar-refractivity contribution in [3.05, 3.63) is 59.7 Å². The predicted molar refractivity (Wildman–Crippen MR) is 75.0 cm³/mol. The van der Waals surface area contributed by atoms with Gasteiger partial charge < -0.3 is 0 Å². The van der Waals surface area contributed by atoms with E-state index >= 15 is 0 Å². The van der Waals surface area contributed by atoms with Crippen LogP contribution in [0.25, 0.3) is 0 Å². The average molecular weight is 340 g/mol. The van der Waals surface area contributed by atoms with Gasteiger partial charge in [0.15, 0.2) is 0 Å². The van der Waals surface area contributed by atoms with Crippen molar-refractivity contribution >= 4 is 31.9 Å². The van der Waals surface area contributed by atoms with E-state index in [2.05, 4.69) is 80.4 Å². The number of halogens is 2. The van der Waals surface area contributed by atoms with Crippen LogP contribution in [0.15, 0.2) is 48.6 Å². The van der Waals surface area contributed by atoms with Gasteiger partial charge in [-0.1, -0.05) is 80.4 Å². The van der Waals surface area contributed by atoms with Crippen LogP contribution in [0.1, 0.15) is 20.8 Å². The molecule has 1 aromatic carbocycles. The Bertz CT molecular complexity index is 419. The molecule has 0 heterocycles. The Labute approximate surface area is 113 Å². The summed E-state index contributed by atoms with van der Waals surface area (Å²) in [5, 5.41) is 0. The summed E-state index contributed by atoms with van der Waals surface area (Å²) in [5.74, 6) is 1.12. The van der Waals surface area contributed by atoms with E-state index in [1.54, 1.807) is 0 Å². The average Bonchev–Trinajstić information content (AvgIpc) is 2.36. The second-order valence-corrected chi connectivity index (χ2v) is 6.33. The maximum absolute atomic E-state index is 3.85. The van der Waals surface area contributed by atoms with Crippen LogP contribution in [0, 0.1) is 11.8 Å². The molecule has 2 heteroatoms. The van der Waals surface area contributed by atoms with Crippen LogP contribution in [0.5, 0.6) is 0 Å². The Balaban J connectivity index is 2.13. The topological polar surface area (TPSA) is 0 Å². The van der Waals surface area contributed by atoms with Crippen molar-refractivity contribution in [1.82, 2.24) is 0 Å². The summed E-state index contributed by atoms with van der Waals surface area (Å²) in [5.41, 5.74) is 2.84. The van der Waals surface area contributed by atoms with Crippen molar-refractivity contribution < 1.29 is 0 Å². The van der Waals surface area contributed by atoms with Crippen LogP contribution in [0.4, 0.5) is 0 Å². The molecule has 0 fully saturated rings. The zero-order valence-electron chi connectivity index (χ0n) is 8.68. The lowest BCUT2D eigenvalue weighted by molar-refractivity contribution is 0.431. The van der Waals surface area contributed by atoms with Crippen molar-refractivity contribution in [2.75, 3.05) is 0 Å². The van der Waals surface area contributed by atoms with Gasteiger partial charge in [0, 0.05) is 21.5 Å². The van der Waals surface area contributed by atoms with Crippen LogP contribution in [0.2, 0.25) is 0 Å². The van der Waals surface area contributed by atoms with E-state index in [1.807, 2.05) is 0 Å². The first-order valence-electron chi connectivity index (χ1n) is 5.51. The van der Waals surface area contributed by atoms with Crippen LogP contribution in [-0.4, -0.2) is 0 Å². The molecule has 4 unspecified atom stereocenters. The maximum atomic E-state index is 3.85. The highest BCUT2D eigenvalue weighted by atomic mass is 79.9. The van der Waals surface area contributed by atoms with E-state index in [9.17, 15) is 0 Å². The summed E-state index contributed by atoms with van der Waals surface area (Å²) in [7, 11) is 0. The molecule has 16 heavy (non-hydrogen) atoms. The molecule has 0 amide bonds. The molecule has 2 aliphatic rings. The zero-order valence-corrected chi connectivity index (χ0v) is 11.9. The van der Waals surface area contributed by atoms with E-state index < -0.39 is 0 Å². The normalized spacial score (nSPS) is 35.6. The van der Waals surface area contributed by atoms with E-state index in [-0.39, 0.29) is 0 Å². The summed E-state index contributed by atoms with van der Waals surface area (Å²) in [6, 6.07) is 8.70. The van der Waals surface area contributed by atoms with Gasteiger partial charge in [-0.3, -0.25) is 0 Å². The first-order chi connectivity index (χ1) is 7.79. The number of fused-ring (bicyclic) bond motifs is 2. The van der Waals surface area contributed by atoms with Gasteiger partial charge in [0.1, 0.15) is 0 Å². The first kappa shape index (κ1) is 10.8. The first-order valence-corrected chi connectivity index (χ1v) is 7.34. The molecule has 4 atom stereocenters. The molecular formula is C14H12Br2. The largest absolute Gasteiger partial charge is 0.0832 e. The van der Waals surface area contributed by atoms with Gasteiger partial charge in [-0.25, -0.2) is 0 Å². The third-order valence-electron chi connectivity index (χ3n) is 3.49. The molecule has 1 aromatic rings. The minimum atomic E-state index is 0.434. The fourth-order valence-corrected chi connectivity index (χ4v) is 4.55. The zero-order chi connectivity index (χ0) is 11.1. The molecule has 0 aliphatic heterocycles. The van der Waals surface area contributed by atoms with E-state index in [0.29, 0.717) is 21.5 Å². The smallest absolute Gasteiger partial charge is 0.0467 e. The summed E-state index contributed by atoms with van der Waals surface area (Å²) < 4.78 is 0. The van der Waals surface area contributed by atoms with Crippen LogP contribution in [-0.2, 0) is 0 Å². The molecule has 2 aliphatic carbocycles. The predicted octanol–water partition coefficient (Wildman–Crippen LogP) is 4.93. The van der Waals surface area contributed by atoms with E-state index in [0.717, 1.165) is 0 Å². The maximum Gasteiger partial charge on any atom is 0.0467 e. The summed E-state index contributed by atoms with van der Waals surface area (Å²) in [6.45, 7) is 0. The number of hydrogen-bond acceptors (Lipinski definition) is 0. The molecule has 0 bridgehead atoms. The van der Waals surface area contributed by atoms with Gasteiger partial charge in [-0.15, -0.1) is 0 Å². The number of allylic oxidation sites excluding steroid dienone is 4. The minimum absolute atomic E-state index is 0.434. The summed E-state index contributed by atoms with van der Waals surface area (Å²) in [6.07, 6.45) is 8.94. The van der Waals surface area contributed by atoms with Gasteiger partial charge >= 0.3 is 0 Å². The number of benzene rings is 1. The molecule has 0 N–H and O–H groups in total. The minimum Gasteiger partial charge on any atom is -0.0832 e. The SMILES string of the molecule is BrC1c2ccccc2C(Br)C2C=CC=CC12. The fraction of sp³-hybridized carbons (Fsp3) is 0.286.